The maximum Gasteiger partial charge on any atom is 0.277 e. The van der Waals surface area contributed by atoms with Gasteiger partial charge in [0, 0.05) is 23.8 Å². The van der Waals surface area contributed by atoms with Gasteiger partial charge in [-0.05, 0) is 57.3 Å². The van der Waals surface area contributed by atoms with Gasteiger partial charge in [0.1, 0.15) is 0 Å². The summed E-state index contributed by atoms with van der Waals surface area (Å²) in [5.74, 6) is 0.371. The first-order valence-electron chi connectivity index (χ1n) is 9.03. The summed E-state index contributed by atoms with van der Waals surface area (Å²) in [7, 11) is 0. The topological polar surface area (TPSA) is 83.9 Å². The lowest BCUT2D eigenvalue weighted by atomic mass is 9.97. The molecule has 1 unspecified atom stereocenters. The van der Waals surface area contributed by atoms with Crippen LogP contribution in [-0.4, -0.2) is 46.9 Å². The summed E-state index contributed by atoms with van der Waals surface area (Å²) in [6.45, 7) is 4.08. The highest BCUT2D eigenvalue weighted by Crippen LogP contribution is 2.31. The predicted molar refractivity (Wildman–Crippen MR) is 98.3 cm³/mol. The van der Waals surface area contributed by atoms with Crippen LogP contribution in [0.4, 0.5) is 5.13 Å². The molecule has 7 nitrogen and oxygen atoms in total. The van der Waals surface area contributed by atoms with Gasteiger partial charge in [-0.2, -0.15) is 5.10 Å². The second kappa shape index (κ2) is 7.63. The van der Waals surface area contributed by atoms with E-state index in [2.05, 4.69) is 26.0 Å². The Morgan fingerprint density at radius 2 is 2.12 bits per heavy atom. The lowest BCUT2D eigenvalue weighted by molar-refractivity contribution is 0.102. The quantitative estimate of drug-likeness (QED) is 0.776. The third-order valence-electron chi connectivity index (χ3n) is 4.97. The molecule has 0 spiro atoms. The summed E-state index contributed by atoms with van der Waals surface area (Å²) < 4.78 is 1.91. The summed E-state index contributed by atoms with van der Waals surface area (Å²) in [5, 5.41) is 14.8. The molecule has 4 rings (SSSR count). The van der Waals surface area contributed by atoms with Crippen LogP contribution in [0.15, 0.2) is 18.5 Å². The molecule has 1 atom stereocenters. The molecule has 2 aromatic rings. The highest BCUT2D eigenvalue weighted by atomic mass is 32.1. The molecule has 0 saturated carbocycles. The fourth-order valence-electron chi connectivity index (χ4n) is 3.52. The number of amides is 1. The van der Waals surface area contributed by atoms with E-state index in [4.69, 9.17) is 0 Å². The van der Waals surface area contributed by atoms with Crippen LogP contribution in [0.1, 0.15) is 53.0 Å². The summed E-state index contributed by atoms with van der Waals surface area (Å²) in [6.07, 6.45) is 8.31. The Balaban J connectivity index is 1.38. The number of anilines is 1. The second-order valence-corrected chi connectivity index (χ2v) is 7.79. The fraction of sp³-hybridized carbons (Fsp3) is 0.588. The van der Waals surface area contributed by atoms with Crippen LogP contribution in [0.25, 0.3) is 0 Å². The Kier molecular flexibility index (Phi) is 5.09. The van der Waals surface area contributed by atoms with Crippen molar-refractivity contribution < 1.29 is 4.79 Å². The minimum atomic E-state index is -0.186. The number of hydrogen-bond donors (Lipinski definition) is 3. The van der Waals surface area contributed by atoms with Crippen molar-refractivity contribution in [2.75, 3.05) is 31.5 Å². The predicted octanol–water partition coefficient (Wildman–Crippen LogP) is 1.98. The summed E-state index contributed by atoms with van der Waals surface area (Å²) in [6, 6.07) is 2.12. The van der Waals surface area contributed by atoms with Crippen molar-refractivity contribution in [3.8, 4) is 0 Å². The van der Waals surface area contributed by atoms with Gasteiger partial charge in [-0.1, -0.05) is 0 Å². The maximum absolute atomic E-state index is 12.4. The number of hydrogen-bond acceptors (Lipinski definition) is 6. The highest BCUT2D eigenvalue weighted by molar-refractivity contribution is 7.15. The lowest BCUT2D eigenvalue weighted by Gasteiger charge is -2.22. The van der Waals surface area contributed by atoms with Crippen LogP contribution in [0.2, 0.25) is 0 Å². The van der Waals surface area contributed by atoms with E-state index in [1.54, 1.807) is 17.4 Å². The van der Waals surface area contributed by atoms with Crippen molar-refractivity contribution in [2.45, 2.75) is 37.6 Å². The van der Waals surface area contributed by atoms with Gasteiger partial charge in [-0.15, -0.1) is 11.3 Å². The van der Waals surface area contributed by atoms with Gasteiger partial charge in [0.15, 0.2) is 10.8 Å². The Morgan fingerprint density at radius 1 is 1.24 bits per heavy atom. The summed E-state index contributed by atoms with van der Waals surface area (Å²) in [5.41, 5.74) is 0.448. The van der Waals surface area contributed by atoms with Crippen LogP contribution in [-0.2, 0) is 0 Å². The van der Waals surface area contributed by atoms with Crippen LogP contribution in [0.5, 0.6) is 0 Å². The van der Waals surface area contributed by atoms with E-state index >= 15 is 0 Å². The smallest absolute Gasteiger partial charge is 0.277 e. The molecule has 2 saturated heterocycles. The molecule has 2 aliphatic rings. The third-order valence-corrected chi connectivity index (χ3v) is 6.05. The summed E-state index contributed by atoms with van der Waals surface area (Å²) >= 11 is 1.58. The van der Waals surface area contributed by atoms with Gasteiger partial charge in [0.25, 0.3) is 5.91 Å². The molecule has 0 bridgehead atoms. The van der Waals surface area contributed by atoms with Crippen molar-refractivity contribution in [3.05, 3.63) is 29.0 Å². The average Bonchev–Trinajstić information content (AvgIpc) is 3.33. The van der Waals surface area contributed by atoms with Crippen LogP contribution < -0.4 is 16.0 Å². The van der Waals surface area contributed by atoms with Crippen molar-refractivity contribution in [3.63, 3.8) is 0 Å². The molecule has 0 radical (unpaired) electrons. The molecule has 2 aliphatic heterocycles. The molecular formula is C17H24N6OS. The van der Waals surface area contributed by atoms with Gasteiger partial charge < -0.3 is 10.6 Å². The van der Waals surface area contributed by atoms with Crippen molar-refractivity contribution >= 4 is 22.4 Å². The number of nitrogens with one attached hydrogen (secondary N) is 3. The first kappa shape index (κ1) is 16.7. The average molecular weight is 360 g/mol. The van der Waals surface area contributed by atoms with Gasteiger partial charge in [0.2, 0.25) is 0 Å². The zero-order chi connectivity index (χ0) is 17.1. The van der Waals surface area contributed by atoms with Gasteiger partial charge in [0.05, 0.1) is 6.04 Å². The van der Waals surface area contributed by atoms with Crippen LogP contribution >= 0.6 is 11.3 Å². The van der Waals surface area contributed by atoms with Crippen molar-refractivity contribution in [1.29, 1.82) is 0 Å². The fourth-order valence-corrected chi connectivity index (χ4v) is 4.50. The molecule has 3 N–H and O–H groups in total. The minimum absolute atomic E-state index is 0.186. The molecule has 0 aliphatic carbocycles. The molecule has 0 aromatic carbocycles. The summed E-state index contributed by atoms with van der Waals surface area (Å²) in [4.78, 5) is 18.1. The molecule has 2 fully saturated rings. The first-order valence-corrected chi connectivity index (χ1v) is 9.85. The SMILES string of the molecule is O=C(Nc1ncc(C2CCNCC2)s1)c1ccn(C2CCCNC2)n1. The van der Waals surface area contributed by atoms with Gasteiger partial charge >= 0.3 is 0 Å². The Bertz CT molecular complexity index is 714. The number of carbonyl (C=O) groups excluding carboxylic acids is 1. The van der Waals surface area contributed by atoms with Gasteiger partial charge in [-0.25, -0.2) is 4.98 Å². The number of nitrogens with zero attached hydrogens (tertiary/aromatic N) is 3. The normalized spacial score (nSPS) is 22.0. The third kappa shape index (κ3) is 3.91. The van der Waals surface area contributed by atoms with Crippen LogP contribution in [0.3, 0.4) is 0 Å². The van der Waals surface area contributed by atoms with Gasteiger partial charge in [-0.3, -0.25) is 14.8 Å². The first-order chi connectivity index (χ1) is 12.3. The monoisotopic (exact) mass is 360 g/mol. The molecule has 25 heavy (non-hydrogen) atoms. The highest BCUT2D eigenvalue weighted by Gasteiger charge is 2.20. The minimum Gasteiger partial charge on any atom is -0.317 e. The molecule has 1 amide bonds. The number of thiazole rings is 1. The van der Waals surface area contributed by atoms with E-state index < -0.39 is 0 Å². The second-order valence-electron chi connectivity index (χ2n) is 6.73. The Hall–Kier alpha value is -1.77. The lowest BCUT2D eigenvalue weighted by Crippen LogP contribution is -2.32. The zero-order valence-corrected chi connectivity index (χ0v) is 15.0. The van der Waals surface area contributed by atoms with Crippen molar-refractivity contribution in [1.82, 2.24) is 25.4 Å². The van der Waals surface area contributed by atoms with E-state index in [1.807, 2.05) is 17.1 Å². The van der Waals surface area contributed by atoms with E-state index in [0.717, 1.165) is 51.9 Å². The molecule has 8 heteroatoms. The standard InChI is InChI=1S/C17H24N6OS/c24-16(14-5-9-23(22-14)13-2-1-6-19-10-13)21-17-20-11-15(25-17)12-3-7-18-8-4-12/h5,9,11-13,18-19H,1-4,6-8,10H2,(H,20,21,24). The number of aromatic nitrogens is 3. The maximum atomic E-state index is 12.4. The number of carbonyl (C=O) groups is 1. The molecular weight excluding hydrogens is 336 g/mol. The Morgan fingerprint density at radius 3 is 2.92 bits per heavy atom. The zero-order valence-electron chi connectivity index (χ0n) is 14.2. The van der Waals surface area contributed by atoms with E-state index in [1.165, 1.54) is 4.88 Å². The molecule has 134 valence electrons. The van der Waals surface area contributed by atoms with E-state index in [0.29, 0.717) is 22.8 Å². The van der Waals surface area contributed by atoms with E-state index in [-0.39, 0.29) is 5.91 Å². The van der Waals surface area contributed by atoms with Crippen molar-refractivity contribution in [2.24, 2.45) is 0 Å². The van der Waals surface area contributed by atoms with E-state index in [9.17, 15) is 4.79 Å². The molecule has 4 heterocycles. The Labute approximate surface area is 151 Å². The number of rotatable bonds is 4. The van der Waals surface area contributed by atoms with Crippen LogP contribution in [0, 0.1) is 0 Å². The number of piperidine rings is 2. The largest absolute Gasteiger partial charge is 0.317 e. The molecule has 2 aromatic heterocycles.